The lowest BCUT2D eigenvalue weighted by molar-refractivity contribution is 0.0374. The third kappa shape index (κ3) is 4.35. The second-order valence-electron chi connectivity index (χ2n) is 5.71. The van der Waals surface area contributed by atoms with Crippen LogP contribution in [0.1, 0.15) is 16.9 Å². The van der Waals surface area contributed by atoms with Gasteiger partial charge in [-0.15, -0.1) is 0 Å². The van der Waals surface area contributed by atoms with E-state index in [-0.39, 0.29) is 5.91 Å². The maximum absolute atomic E-state index is 12.2. The number of ether oxygens (including phenoxy) is 1. The molecule has 1 aliphatic heterocycles. The number of hydrogen-bond donors (Lipinski definition) is 2. The number of halogens is 1. The largest absolute Gasteiger partial charge is 0.379 e. The van der Waals surface area contributed by atoms with Crippen molar-refractivity contribution >= 4 is 17.5 Å². The molecular formula is C17H21ClN4O2. The monoisotopic (exact) mass is 348 g/mol. The van der Waals surface area contributed by atoms with Crippen LogP contribution in [-0.2, 0) is 4.74 Å². The summed E-state index contributed by atoms with van der Waals surface area (Å²) in [5, 5.41) is 10.5. The summed E-state index contributed by atoms with van der Waals surface area (Å²) >= 11 is 6.16. The molecule has 3 rings (SSSR count). The molecule has 0 saturated carbocycles. The summed E-state index contributed by atoms with van der Waals surface area (Å²) in [4.78, 5) is 14.5. The molecule has 2 aromatic rings. The molecule has 2 N–H and O–H groups in total. The Morgan fingerprint density at radius 3 is 2.92 bits per heavy atom. The number of rotatable bonds is 6. The molecule has 128 valence electrons. The maximum atomic E-state index is 12.2. The summed E-state index contributed by atoms with van der Waals surface area (Å²) in [6, 6.07) is 9.15. The van der Waals surface area contributed by atoms with Crippen molar-refractivity contribution in [3.8, 4) is 11.3 Å². The van der Waals surface area contributed by atoms with Crippen molar-refractivity contribution in [2.75, 3.05) is 39.4 Å². The van der Waals surface area contributed by atoms with Gasteiger partial charge in [-0.1, -0.05) is 29.8 Å². The minimum atomic E-state index is -0.150. The molecule has 2 heterocycles. The zero-order valence-electron chi connectivity index (χ0n) is 13.4. The highest BCUT2D eigenvalue weighted by Gasteiger charge is 2.13. The van der Waals surface area contributed by atoms with E-state index in [0.29, 0.717) is 23.0 Å². The van der Waals surface area contributed by atoms with Gasteiger partial charge in [0, 0.05) is 25.2 Å². The predicted molar refractivity (Wildman–Crippen MR) is 93.2 cm³/mol. The molecule has 1 aromatic carbocycles. The second kappa shape index (κ2) is 8.28. The Bertz CT molecular complexity index is 683. The van der Waals surface area contributed by atoms with Crippen molar-refractivity contribution in [2.24, 2.45) is 0 Å². The number of nitrogens with one attached hydrogen (secondary N) is 2. The average molecular weight is 349 g/mol. The van der Waals surface area contributed by atoms with Gasteiger partial charge in [0.05, 0.1) is 23.9 Å². The number of benzene rings is 1. The number of morpholine rings is 1. The second-order valence-corrected chi connectivity index (χ2v) is 6.12. The fourth-order valence-corrected chi connectivity index (χ4v) is 2.90. The third-order valence-corrected chi connectivity index (χ3v) is 4.34. The Kier molecular flexibility index (Phi) is 5.85. The molecule has 7 heteroatoms. The standard InChI is InChI=1S/C17H21ClN4O2/c18-14-5-2-1-4-13(14)15-12-16(21-20-15)17(23)19-6-3-7-22-8-10-24-11-9-22/h1-2,4-5,12H,3,6-11H2,(H,19,23)(H,20,21). The van der Waals surface area contributed by atoms with E-state index in [9.17, 15) is 4.79 Å². The summed E-state index contributed by atoms with van der Waals surface area (Å²) in [7, 11) is 0. The van der Waals surface area contributed by atoms with Gasteiger partial charge in [-0.05, 0) is 25.1 Å². The normalized spacial score (nSPS) is 15.4. The Morgan fingerprint density at radius 2 is 2.12 bits per heavy atom. The van der Waals surface area contributed by atoms with Crippen LogP contribution in [0.15, 0.2) is 30.3 Å². The van der Waals surface area contributed by atoms with Gasteiger partial charge in [0.1, 0.15) is 5.69 Å². The number of carbonyl (C=O) groups is 1. The third-order valence-electron chi connectivity index (χ3n) is 4.01. The zero-order valence-corrected chi connectivity index (χ0v) is 14.2. The molecule has 0 atom stereocenters. The van der Waals surface area contributed by atoms with Crippen LogP contribution in [0.25, 0.3) is 11.3 Å². The van der Waals surface area contributed by atoms with Crippen molar-refractivity contribution in [3.05, 3.63) is 41.0 Å². The minimum absolute atomic E-state index is 0.150. The number of amides is 1. The van der Waals surface area contributed by atoms with Crippen molar-refractivity contribution in [1.82, 2.24) is 20.4 Å². The lowest BCUT2D eigenvalue weighted by Gasteiger charge is -2.26. The van der Waals surface area contributed by atoms with E-state index in [4.69, 9.17) is 16.3 Å². The van der Waals surface area contributed by atoms with Gasteiger partial charge in [0.15, 0.2) is 0 Å². The first kappa shape index (κ1) is 17.0. The predicted octanol–water partition coefficient (Wildman–Crippen LogP) is 2.18. The molecule has 0 aliphatic carbocycles. The smallest absolute Gasteiger partial charge is 0.269 e. The van der Waals surface area contributed by atoms with Gasteiger partial charge in [-0.2, -0.15) is 5.10 Å². The zero-order chi connectivity index (χ0) is 16.8. The summed E-state index contributed by atoms with van der Waals surface area (Å²) in [5.74, 6) is -0.150. The average Bonchev–Trinajstić information content (AvgIpc) is 3.10. The summed E-state index contributed by atoms with van der Waals surface area (Å²) in [6.07, 6.45) is 0.914. The van der Waals surface area contributed by atoms with Crippen LogP contribution in [0.2, 0.25) is 5.02 Å². The highest BCUT2D eigenvalue weighted by molar-refractivity contribution is 6.33. The van der Waals surface area contributed by atoms with Gasteiger partial charge in [0.25, 0.3) is 5.91 Å². The maximum Gasteiger partial charge on any atom is 0.269 e. The van der Waals surface area contributed by atoms with E-state index in [0.717, 1.165) is 44.8 Å². The van der Waals surface area contributed by atoms with Gasteiger partial charge >= 0.3 is 0 Å². The lowest BCUT2D eigenvalue weighted by Crippen LogP contribution is -2.38. The number of aromatic amines is 1. The lowest BCUT2D eigenvalue weighted by atomic mass is 10.1. The molecule has 1 aliphatic rings. The minimum Gasteiger partial charge on any atom is -0.379 e. The Labute approximate surface area is 146 Å². The van der Waals surface area contributed by atoms with Gasteiger partial charge in [-0.25, -0.2) is 0 Å². The molecule has 0 unspecified atom stereocenters. The van der Waals surface area contributed by atoms with Crippen LogP contribution in [0, 0.1) is 0 Å². The highest BCUT2D eigenvalue weighted by Crippen LogP contribution is 2.26. The van der Waals surface area contributed by atoms with Crippen molar-refractivity contribution in [2.45, 2.75) is 6.42 Å². The van der Waals surface area contributed by atoms with Crippen LogP contribution in [0.3, 0.4) is 0 Å². The quantitative estimate of drug-likeness (QED) is 0.785. The summed E-state index contributed by atoms with van der Waals surface area (Å²) < 4.78 is 5.32. The van der Waals surface area contributed by atoms with Crippen LogP contribution < -0.4 is 5.32 Å². The van der Waals surface area contributed by atoms with E-state index < -0.39 is 0 Å². The van der Waals surface area contributed by atoms with Gasteiger partial charge in [0.2, 0.25) is 0 Å². The first-order chi connectivity index (χ1) is 11.7. The van der Waals surface area contributed by atoms with Crippen molar-refractivity contribution in [3.63, 3.8) is 0 Å². The first-order valence-corrected chi connectivity index (χ1v) is 8.50. The molecule has 1 fully saturated rings. The number of H-pyrrole nitrogens is 1. The van der Waals surface area contributed by atoms with Gasteiger partial charge in [-0.3, -0.25) is 14.8 Å². The molecule has 24 heavy (non-hydrogen) atoms. The molecule has 0 radical (unpaired) electrons. The molecule has 1 aromatic heterocycles. The van der Waals surface area contributed by atoms with E-state index in [2.05, 4.69) is 20.4 Å². The van der Waals surface area contributed by atoms with E-state index >= 15 is 0 Å². The fraction of sp³-hybridized carbons (Fsp3) is 0.412. The van der Waals surface area contributed by atoms with Crippen LogP contribution in [0.5, 0.6) is 0 Å². The van der Waals surface area contributed by atoms with Crippen LogP contribution in [-0.4, -0.2) is 60.4 Å². The topological polar surface area (TPSA) is 70.2 Å². The molecule has 1 amide bonds. The molecule has 0 bridgehead atoms. The van der Waals surface area contributed by atoms with Gasteiger partial charge < -0.3 is 10.1 Å². The Hall–Kier alpha value is -1.89. The van der Waals surface area contributed by atoms with E-state index in [1.54, 1.807) is 12.1 Å². The van der Waals surface area contributed by atoms with Crippen LogP contribution >= 0.6 is 11.6 Å². The fourth-order valence-electron chi connectivity index (χ4n) is 2.67. The Morgan fingerprint density at radius 1 is 1.33 bits per heavy atom. The number of aromatic nitrogens is 2. The van der Waals surface area contributed by atoms with Crippen molar-refractivity contribution in [1.29, 1.82) is 0 Å². The summed E-state index contributed by atoms with van der Waals surface area (Å²) in [6.45, 7) is 5.14. The SMILES string of the molecule is O=C(NCCCN1CCOCC1)c1cc(-c2ccccc2Cl)n[nH]1. The van der Waals surface area contributed by atoms with Crippen LogP contribution in [0.4, 0.5) is 0 Å². The van der Waals surface area contributed by atoms with E-state index in [1.165, 1.54) is 0 Å². The number of hydrogen-bond acceptors (Lipinski definition) is 4. The number of nitrogens with zero attached hydrogens (tertiary/aromatic N) is 2. The highest BCUT2D eigenvalue weighted by atomic mass is 35.5. The Balaban J connectivity index is 1.48. The molecule has 0 spiro atoms. The molecule has 6 nitrogen and oxygen atoms in total. The molecular weight excluding hydrogens is 328 g/mol. The number of carbonyl (C=O) groups excluding carboxylic acids is 1. The van der Waals surface area contributed by atoms with Crippen molar-refractivity contribution < 1.29 is 9.53 Å². The molecule has 1 saturated heterocycles. The van der Waals surface area contributed by atoms with E-state index in [1.807, 2.05) is 18.2 Å². The first-order valence-electron chi connectivity index (χ1n) is 8.12. The summed E-state index contributed by atoms with van der Waals surface area (Å²) in [5.41, 5.74) is 1.91.